The van der Waals surface area contributed by atoms with Gasteiger partial charge in [0.05, 0.1) is 12.7 Å². The highest BCUT2D eigenvalue weighted by Crippen LogP contribution is 2.24. The lowest BCUT2D eigenvalue weighted by Crippen LogP contribution is -2.50. The Morgan fingerprint density at radius 2 is 2.06 bits per heavy atom. The Morgan fingerprint density at radius 3 is 2.69 bits per heavy atom. The van der Waals surface area contributed by atoms with E-state index in [1.54, 1.807) is 6.82 Å². The largest absolute Gasteiger partial charge is 0.437 e. The molecule has 0 amide bonds. The predicted octanol–water partition coefficient (Wildman–Crippen LogP) is 1.43. The Morgan fingerprint density at radius 1 is 1.38 bits per heavy atom. The summed E-state index contributed by atoms with van der Waals surface area (Å²) in [7, 11) is -0.417. The number of hydrogen-bond acceptors (Lipinski definition) is 3. The molecule has 0 saturated heterocycles. The van der Waals surface area contributed by atoms with Crippen molar-refractivity contribution in [1.29, 1.82) is 0 Å². The van der Waals surface area contributed by atoms with E-state index in [-0.39, 0.29) is 0 Å². The molecule has 0 unspecified atom stereocenters. The summed E-state index contributed by atoms with van der Waals surface area (Å²) in [6.45, 7) is 2.44. The monoisotopic (exact) mass is 219 g/mol. The second-order valence-corrected chi connectivity index (χ2v) is 4.43. The molecule has 0 atom stereocenters. The van der Waals surface area contributed by atoms with E-state index in [1.807, 2.05) is 18.2 Å². The van der Waals surface area contributed by atoms with Gasteiger partial charge in [-0.05, 0) is 25.2 Å². The van der Waals surface area contributed by atoms with E-state index in [0.29, 0.717) is 18.8 Å². The van der Waals surface area contributed by atoms with Crippen LogP contribution in [-0.4, -0.2) is 24.2 Å². The molecule has 2 rings (SSSR count). The molecule has 0 heterocycles. The molecular weight excluding hydrogens is 201 g/mol. The van der Waals surface area contributed by atoms with Crippen LogP contribution in [0.25, 0.3) is 0 Å². The first-order chi connectivity index (χ1) is 7.74. The SMILES string of the molecule is CB(O)N[C@H]1C[C@H](OCc2ccccc2)C1. The van der Waals surface area contributed by atoms with Crippen LogP contribution in [0.3, 0.4) is 0 Å². The van der Waals surface area contributed by atoms with Crippen molar-refractivity contribution in [2.75, 3.05) is 0 Å². The van der Waals surface area contributed by atoms with Crippen LogP contribution >= 0.6 is 0 Å². The van der Waals surface area contributed by atoms with Gasteiger partial charge in [-0.2, -0.15) is 0 Å². The summed E-state index contributed by atoms with van der Waals surface area (Å²) in [5.74, 6) is 0. The molecule has 3 nitrogen and oxygen atoms in total. The lowest BCUT2D eigenvalue weighted by Gasteiger charge is -2.36. The van der Waals surface area contributed by atoms with Crippen LogP contribution in [0.4, 0.5) is 0 Å². The van der Waals surface area contributed by atoms with Gasteiger partial charge in [0.25, 0.3) is 0 Å². The lowest BCUT2D eigenvalue weighted by atomic mass is 9.80. The average Bonchev–Trinajstić information content (AvgIpc) is 2.22. The van der Waals surface area contributed by atoms with Crippen LogP contribution in [0.1, 0.15) is 18.4 Å². The quantitative estimate of drug-likeness (QED) is 0.736. The third-order valence-corrected chi connectivity index (χ3v) is 2.90. The second-order valence-electron chi connectivity index (χ2n) is 4.43. The van der Waals surface area contributed by atoms with Gasteiger partial charge in [0.2, 0.25) is 0 Å². The first-order valence-electron chi connectivity index (χ1n) is 5.83. The minimum absolute atomic E-state index is 0.344. The lowest BCUT2D eigenvalue weighted by molar-refractivity contribution is -0.0229. The van der Waals surface area contributed by atoms with Gasteiger partial charge in [0.15, 0.2) is 0 Å². The second kappa shape index (κ2) is 5.48. The molecule has 1 aromatic rings. The first-order valence-corrected chi connectivity index (χ1v) is 5.83. The molecule has 1 aliphatic carbocycles. The summed E-state index contributed by atoms with van der Waals surface area (Å²) in [5, 5.41) is 12.2. The van der Waals surface area contributed by atoms with Crippen LogP contribution in [-0.2, 0) is 11.3 Å². The van der Waals surface area contributed by atoms with E-state index in [4.69, 9.17) is 9.76 Å². The number of hydrogen-bond donors (Lipinski definition) is 2. The predicted molar refractivity (Wildman–Crippen MR) is 65.0 cm³/mol. The van der Waals surface area contributed by atoms with E-state index in [2.05, 4.69) is 17.4 Å². The van der Waals surface area contributed by atoms with Gasteiger partial charge in [-0.25, -0.2) is 0 Å². The highest BCUT2D eigenvalue weighted by Gasteiger charge is 2.30. The zero-order valence-electron chi connectivity index (χ0n) is 9.60. The fourth-order valence-corrected chi connectivity index (χ4v) is 1.97. The van der Waals surface area contributed by atoms with Crippen molar-refractivity contribution in [2.24, 2.45) is 0 Å². The van der Waals surface area contributed by atoms with E-state index >= 15 is 0 Å². The molecule has 4 heteroatoms. The van der Waals surface area contributed by atoms with Crippen molar-refractivity contribution in [3.05, 3.63) is 35.9 Å². The first kappa shape index (κ1) is 11.6. The molecule has 1 aromatic carbocycles. The summed E-state index contributed by atoms with van der Waals surface area (Å²) < 4.78 is 5.75. The third kappa shape index (κ3) is 3.34. The molecule has 0 bridgehead atoms. The zero-order chi connectivity index (χ0) is 11.4. The van der Waals surface area contributed by atoms with Crippen molar-refractivity contribution in [2.45, 2.75) is 38.4 Å². The third-order valence-electron chi connectivity index (χ3n) is 2.90. The molecular formula is C12H18BNO2. The Hall–Kier alpha value is -0.835. The summed E-state index contributed by atoms with van der Waals surface area (Å²) in [6, 6.07) is 10.6. The summed E-state index contributed by atoms with van der Waals surface area (Å²) in [5.41, 5.74) is 1.22. The smallest absolute Gasteiger partial charge is 0.373 e. The van der Waals surface area contributed by atoms with Crippen LogP contribution in [0, 0.1) is 0 Å². The van der Waals surface area contributed by atoms with Gasteiger partial charge in [-0.3, -0.25) is 0 Å². The minimum Gasteiger partial charge on any atom is -0.437 e. The Kier molecular flexibility index (Phi) is 3.99. The van der Waals surface area contributed by atoms with Crippen LogP contribution in [0.2, 0.25) is 6.82 Å². The Balaban J connectivity index is 1.63. The number of nitrogens with one attached hydrogen (secondary N) is 1. The average molecular weight is 219 g/mol. The molecule has 1 saturated carbocycles. The molecule has 0 spiro atoms. The van der Waals surface area contributed by atoms with E-state index in [9.17, 15) is 0 Å². The van der Waals surface area contributed by atoms with Crippen molar-refractivity contribution < 1.29 is 9.76 Å². The minimum atomic E-state index is -0.417. The highest BCUT2D eigenvalue weighted by molar-refractivity contribution is 6.45. The van der Waals surface area contributed by atoms with Gasteiger partial charge in [-0.1, -0.05) is 30.3 Å². The normalized spacial score (nSPS) is 23.9. The molecule has 0 radical (unpaired) electrons. The van der Waals surface area contributed by atoms with Crippen LogP contribution in [0.15, 0.2) is 30.3 Å². The van der Waals surface area contributed by atoms with Crippen molar-refractivity contribution in [3.8, 4) is 0 Å². The number of benzene rings is 1. The van der Waals surface area contributed by atoms with Crippen molar-refractivity contribution in [1.82, 2.24) is 5.23 Å². The number of rotatable bonds is 5. The van der Waals surface area contributed by atoms with Gasteiger partial charge >= 0.3 is 7.05 Å². The summed E-state index contributed by atoms with van der Waals surface area (Å²) >= 11 is 0. The van der Waals surface area contributed by atoms with Gasteiger partial charge in [0, 0.05) is 6.04 Å². The standard InChI is InChI=1S/C12H18BNO2/c1-13(15)14-11-7-12(8-11)16-9-10-5-3-2-4-6-10/h2-6,11-12,14-15H,7-9H2,1H3/t11-,12-. The van der Waals surface area contributed by atoms with Crippen molar-refractivity contribution >= 4 is 7.05 Å². The van der Waals surface area contributed by atoms with E-state index in [0.717, 1.165) is 12.8 Å². The molecule has 0 aliphatic heterocycles. The summed E-state index contributed by atoms with van der Waals surface area (Å²) in [4.78, 5) is 0. The summed E-state index contributed by atoms with van der Waals surface area (Å²) in [6.07, 6.45) is 2.34. The maximum atomic E-state index is 9.13. The Labute approximate surface area is 97.0 Å². The molecule has 86 valence electrons. The maximum Gasteiger partial charge on any atom is 0.373 e. The van der Waals surface area contributed by atoms with Gasteiger partial charge in [-0.15, -0.1) is 0 Å². The van der Waals surface area contributed by atoms with Crippen molar-refractivity contribution in [3.63, 3.8) is 0 Å². The molecule has 0 aromatic heterocycles. The van der Waals surface area contributed by atoms with Crippen LogP contribution < -0.4 is 5.23 Å². The fourth-order valence-electron chi connectivity index (χ4n) is 1.97. The van der Waals surface area contributed by atoms with Crippen LogP contribution in [0.5, 0.6) is 0 Å². The molecule has 16 heavy (non-hydrogen) atoms. The topological polar surface area (TPSA) is 41.5 Å². The Bertz CT molecular complexity index is 312. The molecule has 1 fully saturated rings. The van der Waals surface area contributed by atoms with Gasteiger partial charge in [0.1, 0.15) is 0 Å². The highest BCUT2D eigenvalue weighted by atomic mass is 16.5. The van der Waals surface area contributed by atoms with Gasteiger partial charge < -0.3 is 15.0 Å². The molecule has 1 aliphatic rings. The maximum absolute atomic E-state index is 9.13. The zero-order valence-corrected chi connectivity index (χ0v) is 9.60. The van der Waals surface area contributed by atoms with E-state index in [1.165, 1.54) is 5.56 Å². The molecule has 2 N–H and O–H groups in total. The fraction of sp³-hybridized carbons (Fsp3) is 0.500. The number of ether oxygens (including phenoxy) is 1. The van der Waals surface area contributed by atoms with E-state index < -0.39 is 7.05 Å².